The maximum Gasteiger partial charge on any atom is 0.258 e. The van der Waals surface area contributed by atoms with Gasteiger partial charge in [0.25, 0.3) is 5.91 Å². The van der Waals surface area contributed by atoms with Gasteiger partial charge in [0, 0.05) is 27.7 Å². The summed E-state index contributed by atoms with van der Waals surface area (Å²) in [6, 6.07) is 12.7. The van der Waals surface area contributed by atoms with Crippen LogP contribution in [0.3, 0.4) is 0 Å². The molecule has 0 radical (unpaired) electrons. The molecule has 1 N–H and O–H groups in total. The summed E-state index contributed by atoms with van der Waals surface area (Å²) in [6.07, 6.45) is 0. The molecular weight excluding hydrogens is 319 g/mol. The molecule has 2 aromatic carbocycles. The van der Waals surface area contributed by atoms with Gasteiger partial charge in [0.15, 0.2) is 0 Å². The van der Waals surface area contributed by atoms with Crippen LogP contribution in [-0.2, 0) is 0 Å². The Bertz CT molecular complexity index is 723. The molecule has 0 fully saturated rings. The number of amides is 1. The van der Waals surface area contributed by atoms with Crippen LogP contribution in [0.4, 0.5) is 11.4 Å². The van der Waals surface area contributed by atoms with Gasteiger partial charge in [0.1, 0.15) is 0 Å². The van der Waals surface area contributed by atoms with Crippen molar-refractivity contribution in [2.75, 3.05) is 16.8 Å². The van der Waals surface area contributed by atoms with Crippen LogP contribution in [0, 0.1) is 0 Å². The number of rotatable bonds is 1. The zero-order valence-corrected chi connectivity index (χ0v) is 13.9. The van der Waals surface area contributed by atoms with Crippen molar-refractivity contribution in [1.29, 1.82) is 0 Å². The van der Waals surface area contributed by atoms with Gasteiger partial charge in [-0.15, -0.1) is 0 Å². The monoisotopic (exact) mass is 334 g/mol. The van der Waals surface area contributed by atoms with Gasteiger partial charge < -0.3 is 10.2 Å². The van der Waals surface area contributed by atoms with E-state index in [0.717, 1.165) is 11.4 Å². The highest BCUT2D eigenvalue weighted by atomic mass is 35.5. The molecule has 5 heteroatoms. The molecule has 0 unspecified atom stereocenters. The smallest absolute Gasteiger partial charge is 0.258 e. The summed E-state index contributed by atoms with van der Waals surface area (Å²) in [5, 5.41) is 4.36. The number of nitrogens with zero attached hydrogens (tertiary/aromatic N) is 1. The second-order valence-corrected chi connectivity index (χ2v) is 6.95. The van der Waals surface area contributed by atoms with Crippen molar-refractivity contribution in [3.05, 3.63) is 58.1 Å². The van der Waals surface area contributed by atoms with Crippen molar-refractivity contribution in [2.24, 2.45) is 0 Å². The van der Waals surface area contributed by atoms with Crippen molar-refractivity contribution in [3.8, 4) is 0 Å². The minimum atomic E-state index is -0.216. The van der Waals surface area contributed by atoms with Crippen LogP contribution in [0.1, 0.15) is 24.2 Å². The highest BCUT2D eigenvalue weighted by Gasteiger charge is 2.33. The molecule has 1 aliphatic rings. The van der Waals surface area contributed by atoms with Crippen LogP contribution < -0.4 is 10.2 Å². The van der Waals surface area contributed by atoms with E-state index in [9.17, 15) is 4.79 Å². The number of benzene rings is 2. The van der Waals surface area contributed by atoms with E-state index in [-0.39, 0.29) is 11.4 Å². The van der Waals surface area contributed by atoms with E-state index in [1.165, 1.54) is 0 Å². The molecule has 0 spiro atoms. The van der Waals surface area contributed by atoms with E-state index in [2.05, 4.69) is 19.2 Å². The minimum absolute atomic E-state index is 0.105. The maximum atomic E-state index is 12.9. The van der Waals surface area contributed by atoms with Crippen LogP contribution in [0.5, 0.6) is 0 Å². The Hall–Kier alpha value is -1.71. The molecule has 1 amide bonds. The van der Waals surface area contributed by atoms with E-state index in [1.807, 2.05) is 24.3 Å². The lowest BCUT2D eigenvalue weighted by atomic mass is 9.98. The quantitative estimate of drug-likeness (QED) is 0.808. The minimum Gasteiger partial charge on any atom is -0.377 e. The Labute approximate surface area is 139 Å². The molecule has 1 heterocycles. The molecule has 3 rings (SSSR count). The van der Waals surface area contributed by atoms with Crippen molar-refractivity contribution >= 4 is 40.5 Å². The van der Waals surface area contributed by atoms with Gasteiger partial charge in [-0.25, -0.2) is 0 Å². The summed E-state index contributed by atoms with van der Waals surface area (Å²) in [4.78, 5) is 14.7. The summed E-state index contributed by atoms with van der Waals surface area (Å²) in [5.41, 5.74) is 2.08. The van der Waals surface area contributed by atoms with Gasteiger partial charge in [-0.1, -0.05) is 35.3 Å². The highest BCUT2D eigenvalue weighted by Crippen LogP contribution is 2.35. The van der Waals surface area contributed by atoms with E-state index < -0.39 is 0 Å². The topological polar surface area (TPSA) is 32.3 Å². The second-order valence-electron chi connectivity index (χ2n) is 6.08. The lowest BCUT2D eigenvalue weighted by Crippen LogP contribution is -2.50. The highest BCUT2D eigenvalue weighted by molar-refractivity contribution is 6.35. The molecule has 0 aliphatic carbocycles. The van der Waals surface area contributed by atoms with Gasteiger partial charge >= 0.3 is 0 Å². The Kier molecular flexibility index (Phi) is 3.79. The van der Waals surface area contributed by atoms with Gasteiger partial charge in [-0.2, -0.15) is 0 Å². The van der Waals surface area contributed by atoms with Crippen molar-refractivity contribution < 1.29 is 4.79 Å². The Morgan fingerprint density at radius 3 is 2.45 bits per heavy atom. The summed E-state index contributed by atoms with van der Waals surface area (Å²) in [5.74, 6) is -0.105. The van der Waals surface area contributed by atoms with Crippen molar-refractivity contribution in [2.45, 2.75) is 19.4 Å². The molecule has 114 valence electrons. The SMILES string of the molecule is CC1(C)CN(C(=O)c2cc(Cl)cc(Cl)c2)c2ccccc2N1. The van der Waals surface area contributed by atoms with E-state index in [1.54, 1.807) is 23.1 Å². The Morgan fingerprint density at radius 2 is 1.77 bits per heavy atom. The van der Waals surface area contributed by atoms with Gasteiger partial charge in [0.05, 0.1) is 11.4 Å². The van der Waals surface area contributed by atoms with Crippen LogP contribution in [0.2, 0.25) is 10.0 Å². The lowest BCUT2D eigenvalue weighted by Gasteiger charge is -2.41. The zero-order valence-electron chi connectivity index (χ0n) is 12.4. The van der Waals surface area contributed by atoms with Gasteiger partial charge in [0.2, 0.25) is 0 Å². The molecule has 0 atom stereocenters. The van der Waals surface area contributed by atoms with Crippen LogP contribution in [0.15, 0.2) is 42.5 Å². The normalized spacial score (nSPS) is 15.9. The number of hydrogen-bond acceptors (Lipinski definition) is 2. The summed E-state index contributed by atoms with van der Waals surface area (Å²) in [7, 11) is 0. The van der Waals surface area contributed by atoms with Crippen LogP contribution >= 0.6 is 23.2 Å². The predicted molar refractivity (Wildman–Crippen MR) is 92.3 cm³/mol. The standard InChI is InChI=1S/C17H16Cl2N2O/c1-17(2)10-21(15-6-4-3-5-14(15)20-17)16(22)11-7-12(18)9-13(19)8-11/h3-9,20H,10H2,1-2H3. The van der Waals surface area contributed by atoms with E-state index in [4.69, 9.17) is 23.2 Å². The molecule has 0 aromatic heterocycles. The summed E-state index contributed by atoms with van der Waals surface area (Å²) < 4.78 is 0. The number of fused-ring (bicyclic) bond motifs is 1. The summed E-state index contributed by atoms with van der Waals surface area (Å²) >= 11 is 12.0. The fourth-order valence-corrected chi connectivity index (χ4v) is 3.24. The van der Waals surface area contributed by atoms with Crippen molar-refractivity contribution in [1.82, 2.24) is 0 Å². The first kappa shape index (κ1) is 15.2. The first-order valence-electron chi connectivity index (χ1n) is 7.01. The second kappa shape index (κ2) is 5.49. The number of anilines is 2. The number of halogens is 2. The third kappa shape index (κ3) is 2.92. The van der Waals surface area contributed by atoms with Crippen LogP contribution in [-0.4, -0.2) is 18.0 Å². The predicted octanol–water partition coefficient (Wildman–Crippen LogP) is 4.84. The van der Waals surface area contributed by atoms with Crippen LogP contribution in [0.25, 0.3) is 0 Å². The third-order valence-electron chi connectivity index (χ3n) is 3.58. The Balaban J connectivity index is 2.05. The van der Waals surface area contributed by atoms with Gasteiger partial charge in [-0.3, -0.25) is 4.79 Å². The average Bonchev–Trinajstić information content (AvgIpc) is 2.43. The molecule has 3 nitrogen and oxygen atoms in total. The molecule has 1 aliphatic heterocycles. The molecule has 0 saturated carbocycles. The van der Waals surface area contributed by atoms with E-state index in [0.29, 0.717) is 22.2 Å². The number of para-hydroxylation sites is 2. The molecule has 0 saturated heterocycles. The number of nitrogens with one attached hydrogen (secondary N) is 1. The maximum absolute atomic E-state index is 12.9. The number of carbonyl (C=O) groups is 1. The fraction of sp³-hybridized carbons (Fsp3) is 0.235. The fourth-order valence-electron chi connectivity index (χ4n) is 2.71. The molecule has 2 aromatic rings. The first-order chi connectivity index (χ1) is 10.4. The number of carbonyl (C=O) groups excluding carboxylic acids is 1. The molecule has 22 heavy (non-hydrogen) atoms. The Morgan fingerprint density at radius 1 is 1.14 bits per heavy atom. The van der Waals surface area contributed by atoms with Gasteiger partial charge in [-0.05, 0) is 44.2 Å². The molecule has 0 bridgehead atoms. The third-order valence-corrected chi connectivity index (χ3v) is 4.01. The largest absolute Gasteiger partial charge is 0.377 e. The summed E-state index contributed by atoms with van der Waals surface area (Å²) in [6.45, 7) is 4.69. The van der Waals surface area contributed by atoms with E-state index >= 15 is 0 Å². The number of hydrogen-bond donors (Lipinski definition) is 1. The average molecular weight is 335 g/mol. The lowest BCUT2D eigenvalue weighted by molar-refractivity contribution is 0.0981. The molecular formula is C17H16Cl2N2O. The first-order valence-corrected chi connectivity index (χ1v) is 7.76. The zero-order chi connectivity index (χ0) is 15.9. The van der Waals surface area contributed by atoms with Crippen molar-refractivity contribution in [3.63, 3.8) is 0 Å².